The van der Waals surface area contributed by atoms with E-state index >= 15 is 0 Å². The summed E-state index contributed by atoms with van der Waals surface area (Å²) in [6.07, 6.45) is 8.29. The van der Waals surface area contributed by atoms with Crippen LogP contribution < -0.4 is 5.32 Å². The van der Waals surface area contributed by atoms with E-state index in [1.54, 1.807) is 12.1 Å². The summed E-state index contributed by atoms with van der Waals surface area (Å²) in [5.74, 6) is 1.56. The smallest absolute Gasteiger partial charge is 0.234 e. The number of amides is 1. The molecule has 0 saturated heterocycles. The molecule has 6 rings (SSSR count). The van der Waals surface area contributed by atoms with Crippen LogP contribution in [0.1, 0.15) is 48.6 Å². The number of anilines is 2. The van der Waals surface area contributed by atoms with E-state index in [9.17, 15) is 9.18 Å². The Morgan fingerprint density at radius 1 is 0.947 bits per heavy atom. The van der Waals surface area contributed by atoms with E-state index in [2.05, 4.69) is 36.5 Å². The van der Waals surface area contributed by atoms with Crippen molar-refractivity contribution < 1.29 is 9.18 Å². The summed E-state index contributed by atoms with van der Waals surface area (Å²) < 4.78 is 15.7. The summed E-state index contributed by atoms with van der Waals surface area (Å²) in [6.45, 7) is 2.42. The average molecular weight is 507 g/mol. The Morgan fingerprint density at radius 3 is 2.37 bits per heavy atom. The van der Waals surface area contributed by atoms with Gasteiger partial charge in [-0.1, -0.05) is 60.9 Å². The molecule has 2 heterocycles. The van der Waals surface area contributed by atoms with E-state index in [0.717, 1.165) is 47.0 Å². The van der Waals surface area contributed by atoms with Gasteiger partial charge in [0, 0.05) is 23.7 Å². The van der Waals surface area contributed by atoms with Crippen molar-refractivity contribution in [2.45, 2.75) is 45.1 Å². The Labute approximate surface area is 222 Å². The maximum absolute atomic E-state index is 14.0. The summed E-state index contributed by atoms with van der Waals surface area (Å²) >= 11 is 0. The second-order valence-corrected chi connectivity index (χ2v) is 10.3. The first-order valence-corrected chi connectivity index (χ1v) is 13.3. The van der Waals surface area contributed by atoms with Crippen LogP contribution in [0.15, 0.2) is 85.1 Å². The Kier molecular flexibility index (Phi) is 6.54. The van der Waals surface area contributed by atoms with Crippen molar-refractivity contribution in [3.05, 3.63) is 108 Å². The summed E-state index contributed by atoms with van der Waals surface area (Å²) in [5, 5.41) is 3.51. The number of hydrogen-bond donors (Lipinski definition) is 1. The monoisotopic (exact) mass is 506 g/mol. The predicted octanol–water partition coefficient (Wildman–Crippen LogP) is 7.49. The maximum Gasteiger partial charge on any atom is 0.234 e. The molecule has 1 unspecified atom stereocenters. The van der Waals surface area contributed by atoms with Gasteiger partial charge in [-0.15, -0.1) is 0 Å². The number of aromatic nitrogens is 2. The topological polar surface area (TPSA) is 50.2 Å². The minimum atomic E-state index is -0.290. The van der Waals surface area contributed by atoms with Gasteiger partial charge in [0.2, 0.25) is 5.91 Å². The normalized spacial score (nSPS) is 15.9. The van der Waals surface area contributed by atoms with Crippen LogP contribution in [0.4, 0.5) is 15.9 Å². The minimum Gasteiger partial charge on any atom is -0.339 e. The average Bonchev–Trinajstić information content (AvgIpc) is 3.59. The summed E-state index contributed by atoms with van der Waals surface area (Å²) in [6, 6.07) is 24.7. The molecule has 1 aromatic heterocycles. The number of rotatable bonds is 6. The third-order valence-electron chi connectivity index (χ3n) is 7.70. The van der Waals surface area contributed by atoms with Crippen LogP contribution in [0.2, 0.25) is 0 Å². The summed E-state index contributed by atoms with van der Waals surface area (Å²) in [4.78, 5) is 20.8. The van der Waals surface area contributed by atoms with E-state index < -0.39 is 0 Å². The third-order valence-corrected chi connectivity index (χ3v) is 7.70. The predicted molar refractivity (Wildman–Crippen MR) is 149 cm³/mol. The molecule has 1 amide bonds. The van der Waals surface area contributed by atoms with Gasteiger partial charge in [0.15, 0.2) is 0 Å². The van der Waals surface area contributed by atoms with Crippen LogP contribution in [0.5, 0.6) is 0 Å². The fourth-order valence-corrected chi connectivity index (χ4v) is 5.70. The lowest BCUT2D eigenvalue weighted by Crippen LogP contribution is -2.35. The second-order valence-electron chi connectivity index (χ2n) is 10.3. The molecular formula is C32H31FN4O. The zero-order valence-electron chi connectivity index (χ0n) is 21.5. The number of hydrogen-bond acceptors (Lipinski definition) is 3. The molecule has 3 aromatic carbocycles. The zero-order valence-corrected chi connectivity index (χ0v) is 21.5. The van der Waals surface area contributed by atoms with Gasteiger partial charge in [0.1, 0.15) is 23.2 Å². The van der Waals surface area contributed by atoms with Gasteiger partial charge in [-0.2, -0.15) is 0 Å². The van der Waals surface area contributed by atoms with Crippen LogP contribution in [0, 0.1) is 18.7 Å². The lowest BCUT2D eigenvalue weighted by molar-refractivity contribution is -0.132. The van der Waals surface area contributed by atoms with E-state index in [0.29, 0.717) is 12.5 Å². The Morgan fingerprint density at radius 2 is 1.66 bits per heavy atom. The van der Waals surface area contributed by atoms with Gasteiger partial charge in [-0.05, 0) is 67.6 Å². The van der Waals surface area contributed by atoms with Gasteiger partial charge >= 0.3 is 0 Å². The molecule has 4 aromatic rings. The first-order chi connectivity index (χ1) is 18.6. The van der Waals surface area contributed by atoms with Crippen LogP contribution in [-0.4, -0.2) is 20.4 Å². The van der Waals surface area contributed by atoms with Crippen molar-refractivity contribution >= 4 is 23.6 Å². The summed E-state index contributed by atoms with van der Waals surface area (Å²) in [5.41, 5.74) is 4.71. The SMILES string of the molecule is Cc1ccc(Nc2c(-c3ccc(F)cc3)nc3n2C=CN(C(=O)C(c2ccccc2)C2CCCC2)C3)cc1. The van der Waals surface area contributed by atoms with Crippen LogP contribution >= 0.6 is 0 Å². The number of imidazole rings is 1. The lowest BCUT2D eigenvalue weighted by atomic mass is 9.83. The molecule has 38 heavy (non-hydrogen) atoms. The van der Waals surface area contributed by atoms with E-state index in [4.69, 9.17) is 4.98 Å². The molecule has 6 heteroatoms. The van der Waals surface area contributed by atoms with Crippen LogP contribution in [-0.2, 0) is 11.3 Å². The van der Waals surface area contributed by atoms with Crippen molar-refractivity contribution in [1.82, 2.24) is 14.5 Å². The Bertz CT molecular complexity index is 1450. The van der Waals surface area contributed by atoms with Crippen molar-refractivity contribution in [3.8, 4) is 11.3 Å². The summed E-state index contributed by atoms with van der Waals surface area (Å²) in [7, 11) is 0. The van der Waals surface area contributed by atoms with Crippen LogP contribution in [0.3, 0.4) is 0 Å². The molecule has 1 aliphatic heterocycles. The van der Waals surface area contributed by atoms with Gasteiger partial charge < -0.3 is 10.2 Å². The number of fused-ring (bicyclic) bond motifs is 1. The molecule has 192 valence electrons. The largest absolute Gasteiger partial charge is 0.339 e. The molecule has 0 radical (unpaired) electrons. The molecule has 1 fully saturated rings. The van der Waals surface area contributed by atoms with Crippen molar-refractivity contribution in [2.24, 2.45) is 5.92 Å². The number of halogens is 1. The maximum atomic E-state index is 14.0. The highest BCUT2D eigenvalue weighted by Crippen LogP contribution is 2.40. The van der Waals surface area contributed by atoms with E-state index in [1.807, 2.05) is 52.2 Å². The van der Waals surface area contributed by atoms with Gasteiger partial charge in [0.05, 0.1) is 12.5 Å². The van der Waals surface area contributed by atoms with Crippen LogP contribution in [0.25, 0.3) is 17.5 Å². The minimum absolute atomic E-state index is 0.116. The van der Waals surface area contributed by atoms with Gasteiger partial charge in [-0.25, -0.2) is 9.37 Å². The number of carbonyl (C=O) groups excluding carboxylic acids is 1. The highest BCUT2D eigenvalue weighted by molar-refractivity contribution is 5.86. The molecule has 1 aliphatic carbocycles. The molecule has 2 aliphatic rings. The van der Waals surface area contributed by atoms with E-state index in [-0.39, 0.29) is 17.6 Å². The molecule has 0 spiro atoms. The fraction of sp³-hybridized carbons (Fsp3) is 0.250. The van der Waals surface area contributed by atoms with Crippen molar-refractivity contribution in [3.63, 3.8) is 0 Å². The van der Waals surface area contributed by atoms with Gasteiger partial charge in [-0.3, -0.25) is 9.36 Å². The first-order valence-electron chi connectivity index (χ1n) is 13.3. The molecule has 1 atom stereocenters. The third kappa shape index (κ3) is 4.74. The quantitative estimate of drug-likeness (QED) is 0.295. The number of aryl methyl sites for hydroxylation is 1. The number of benzene rings is 3. The molecule has 5 nitrogen and oxygen atoms in total. The standard InChI is InChI=1S/C32H31FN4O/c1-22-11-17-27(18-12-22)34-31-30(25-13-15-26(33)16-14-25)35-28-21-36(19-20-37(28)31)32(38)29(24-9-5-6-10-24)23-7-3-2-4-8-23/h2-4,7-8,11-20,24,29,34H,5-6,9-10,21H2,1H3. The zero-order chi connectivity index (χ0) is 26.1. The second kappa shape index (κ2) is 10.3. The Hall–Kier alpha value is -4.19. The molecular weight excluding hydrogens is 475 g/mol. The fourth-order valence-electron chi connectivity index (χ4n) is 5.70. The molecule has 0 bridgehead atoms. The first kappa shape index (κ1) is 24.2. The Balaban J connectivity index is 1.35. The van der Waals surface area contributed by atoms with Gasteiger partial charge in [0.25, 0.3) is 0 Å². The van der Waals surface area contributed by atoms with E-state index in [1.165, 1.54) is 30.5 Å². The number of nitrogens with one attached hydrogen (secondary N) is 1. The van der Waals surface area contributed by atoms with Crippen molar-refractivity contribution in [1.29, 1.82) is 0 Å². The highest BCUT2D eigenvalue weighted by atomic mass is 19.1. The number of carbonyl (C=O) groups is 1. The molecule has 1 N–H and O–H groups in total. The lowest BCUT2D eigenvalue weighted by Gasteiger charge is -2.30. The highest BCUT2D eigenvalue weighted by Gasteiger charge is 2.35. The molecule has 1 saturated carbocycles. The van der Waals surface area contributed by atoms with Crippen molar-refractivity contribution in [2.75, 3.05) is 5.32 Å². The number of nitrogens with zero attached hydrogens (tertiary/aromatic N) is 3.